The minimum absolute atomic E-state index is 0.0155. The monoisotopic (exact) mass is 332 g/mol. The van der Waals surface area contributed by atoms with Crippen molar-refractivity contribution in [3.05, 3.63) is 18.5 Å². The maximum atomic E-state index is 11.9. The van der Waals surface area contributed by atoms with Crippen LogP contribution in [0.5, 0.6) is 0 Å². The zero-order valence-electron chi connectivity index (χ0n) is 14.3. The van der Waals surface area contributed by atoms with Gasteiger partial charge in [0.1, 0.15) is 0 Å². The summed E-state index contributed by atoms with van der Waals surface area (Å²) in [6, 6.07) is 2.19. The van der Waals surface area contributed by atoms with Crippen LogP contribution in [0.25, 0.3) is 0 Å². The fourth-order valence-corrected chi connectivity index (χ4v) is 3.44. The lowest BCUT2D eigenvalue weighted by atomic mass is 9.96. The zero-order valence-corrected chi connectivity index (χ0v) is 14.3. The molecular weight excluding hydrogens is 304 g/mol. The quantitative estimate of drug-likeness (QED) is 0.848. The summed E-state index contributed by atoms with van der Waals surface area (Å²) < 4.78 is 0. The number of hydrogen-bond donors (Lipinski definition) is 2. The fraction of sp³-hybridized carbons (Fsp3) is 0.706. The molecule has 0 bridgehead atoms. The van der Waals surface area contributed by atoms with Crippen LogP contribution < -0.4 is 15.5 Å². The predicted molar refractivity (Wildman–Crippen MR) is 94.1 cm³/mol. The van der Waals surface area contributed by atoms with Crippen molar-refractivity contribution >= 4 is 12.0 Å². The molecule has 7 heteroatoms. The van der Waals surface area contributed by atoms with Crippen LogP contribution in [-0.2, 0) is 0 Å². The normalized spacial score (nSPS) is 19.9. The van der Waals surface area contributed by atoms with Crippen molar-refractivity contribution in [3.8, 4) is 0 Å². The van der Waals surface area contributed by atoms with Gasteiger partial charge in [-0.2, -0.15) is 0 Å². The lowest BCUT2D eigenvalue weighted by Gasteiger charge is -2.34. The van der Waals surface area contributed by atoms with E-state index in [-0.39, 0.29) is 6.03 Å². The Balaban J connectivity index is 1.30. The second-order valence-corrected chi connectivity index (χ2v) is 6.61. The van der Waals surface area contributed by atoms with Crippen LogP contribution in [-0.4, -0.2) is 66.2 Å². The van der Waals surface area contributed by atoms with E-state index in [0.29, 0.717) is 12.6 Å². The summed E-state index contributed by atoms with van der Waals surface area (Å²) in [6.45, 7) is 5.40. The average Bonchev–Trinajstić information content (AvgIpc) is 2.64. The first-order chi connectivity index (χ1) is 11.8. The second-order valence-electron chi connectivity index (χ2n) is 6.61. The highest BCUT2D eigenvalue weighted by atomic mass is 16.2. The van der Waals surface area contributed by atoms with Gasteiger partial charge in [-0.15, -0.1) is 0 Å². The smallest absolute Gasteiger partial charge is 0.315 e. The van der Waals surface area contributed by atoms with E-state index in [1.807, 2.05) is 6.07 Å². The molecule has 0 radical (unpaired) electrons. The molecule has 7 nitrogen and oxygen atoms in total. The first-order valence-electron chi connectivity index (χ1n) is 9.10. The summed E-state index contributed by atoms with van der Waals surface area (Å²) >= 11 is 0. The van der Waals surface area contributed by atoms with Crippen LogP contribution in [0, 0.1) is 0 Å². The summed E-state index contributed by atoms with van der Waals surface area (Å²) in [4.78, 5) is 25.1. The number of urea groups is 1. The summed E-state index contributed by atoms with van der Waals surface area (Å²) in [5, 5.41) is 6.08. The number of amides is 2. The Morgan fingerprint density at radius 1 is 1.08 bits per heavy atom. The third-order valence-electron chi connectivity index (χ3n) is 4.86. The fourth-order valence-electron chi connectivity index (χ4n) is 3.44. The van der Waals surface area contributed by atoms with Gasteiger partial charge in [-0.3, -0.25) is 4.90 Å². The first-order valence-corrected chi connectivity index (χ1v) is 9.10. The predicted octanol–water partition coefficient (Wildman–Crippen LogP) is 1.23. The van der Waals surface area contributed by atoms with Crippen molar-refractivity contribution in [2.24, 2.45) is 0 Å². The second kappa shape index (κ2) is 8.82. The Morgan fingerprint density at radius 2 is 1.79 bits per heavy atom. The van der Waals surface area contributed by atoms with Gasteiger partial charge in [0, 0.05) is 57.7 Å². The van der Waals surface area contributed by atoms with Crippen LogP contribution in [0.15, 0.2) is 18.5 Å². The topological polar surface area (TPSA) is 73.4 Å². The van der Waals surface area contributed by atoms with E-state index in [4.69, 9.17) is 0 Å². The number of nitrogens with zero attached hydrogens (tertiary/aromatic N) is 4. The van der Waals surface area contributed by atoms with Crippen molar-refractivity contribution in [1.29, 1.82) is 0 Å². The minimum Gasteiger partial charge on any atom is -0.338 e. The molecule has 1 aromatic heterocycles. The lowest BCUT2D eigenvalue weighted by molar-refractivity contribution is 0.225. The Hall–Kier alpha value is -1.89. The van der Waals surface area contributed by atoms with Gasteiger partial charge in [-0.1, -0.05) is 19.3 Å². The molecule has 2 heterocycles. The van der Waals surface area contributed by atoms with Crippen molar-refractivity contribution in [1.82, 2.24) is 25.5 Å². The third-order valence-corrected chi connectivity index (χ3v) is 4.86. The third kappa shape index (κ3) is 5.06. The molecule has 1 aliphatic carbocycles. The van der Waals surface area contributed by atoms with Crippen LogP contribution in [0.2, 0.25) is 0 Å². The molecule has 1 saturated heterocycles. The van der Waals surface area contributed by atoms with Gasteiger partial charge in [0.05, 0.1) is 0 Å². The number of carbonyl (C=O) groups excluding carboxylic acids is 1. The molecule has 0 spiro atoms. The molecule has 132 valence electrons. The Labute approximate surface area is 143 Å². The molecule has 1 aromatic rings. The molecule has 1 aliphatic heterocycles. The highest BCUT2D eigenvalue weighted by Crippen LogP contribution is 2.17. The largest absolute Gasteiger partial charge is 0.338 e. The Morgan fingerprint density at radius 3 is 2.50 bits per heavy atom. The molecule has 2 aliphatic rings. The highest BCUT2D eigenvalue weighted by molar-refractivity contribution is 5.74. The van der Waals surface area contributed by atoms with E-state index in [2.05, 4.69) is 30.4 Å². The molecule has 2 amide bonds. The van der Waals surface area contributed by atoms with Gasteiger partial charge in [-0.25, -0.2) is 14.8 Å². The molecule has 3 rings (SSSR count). The van der Waals surface area contributed by atoms with Gasteiger partial charge in [-0.05, 0) is 18.9 Å². The minimum atomic E-state index is -0.0155. The van der Waals surface area contributed by atoms with Gasteiger partial charge in [0.25, 0.3) is 0 Å². The first kappa shape index (κ1) is 17.0. The van der Waals surface area contributed by atoms with Gasteiger partial charge < -0.3 is 15.5 Å². The molecule has 2 fully saturated rings. The summed E-state index contributed by atoms with van der Waals surface area (Å²) in [7, 11) is 0. The van der Waals surface area contributed by atoms with E-state index in [0.717, 1.165) is 51.5 Å². The molecule has 1 saturated carbocycles. The van der Waals surface area contributed by atoms with Crippen LogP contribution in [0.3, 0.4) is 0 Å². The summed E-state index contributed by atoms with van der Waals surface area (Å²) in [6.07, 6.45) is 9.58. The van der Waals surface area contributed by atoms with Crippen LogP contribution >= 0.6 is 0 Å². The lowest BCUT2D eigenvalue weighted by Crippen LogP contribution is -2.50. The van der Waals surface area contributed by atoms with Crippen molar-refractivity contribution in [3.63, 3.8) is 0 Å². The van der Waals surface area contributed by atoms with Crippen molar-refractivity contribution < 1.29 is 4.79 Å². The SMILES string of the molecule is O=C(NCCN1CCN(c2ncccn2)CC1)NC1CCCCC1. The highest BCUT2D eigenvalue weighted by Gasteiger charge is 2.19. The Bertz CT molecular complexity index is 497. The maximum Gasteiger partial charge on any atom is 0.315 e. The van der Waals surface area contributed by atoms with E-state index in [1.54, 1.807) is 12.4 Å². The number of hydrogen-bond acceptors (Lipinski definition) is 5. The van der Waals surface area contributed by atoms with Crippen LogP contribution in [0.4, 0.5) is 10.7 Å². The van der Waals surface area contributed by atoms with Crippen LogP contribution in [0.1, 0.15) is 32.1 Å². The van der Waals surface area contributed by atoms with Gasteiger partial charge in [0.2, 0.25) is 5.95 Å². The van der Waals surface area contributed by atoms with E-state index in [9.17, 15) is 4.79 Å². The number of anilines is 1. The molecule has 0 aromatic carbocycles. The van der Waals surface area contributed by atoms with Gasteiger partial charge in [0.15, 0.2) is 0 Å². The van der Waals surface area contributed by atoms with Crippen molar-refractivity contribution in [2.45, 2.75) is 38.1 Å². The van der Waals surface area contributed by atoms with Crippen molar-refractivity contribution in [2.75, 3.05) is 44.2 Å². The molecule has 2 N–H and O–H groups in total. The Kier molecular flexibility index (Phi) is 6.23. The zero-order chi connectivity index (χ0) is 16.6. The standard InChI is InChI=1S/C17H28N6O/c24-17(21-15-5-2-1-3-6-15)20-9-10-22-11-13-23(14-12-22)16-18-7-4-8-19-16/h4,7-8,15H,1-3,5-6,9-14H2,(H2,20,21,24). The maximum absolute atomic E-state index is 11.9. The summed E-state index contributed by atoms with van der Waals surface area (Å²) in [5.41, 5.74) is 0. The summed E-state index contributed by atoms with van der Waals surface area (Å²) in [5.74, 6) is 0.808. The molecular formula is C17H28N6O. The molecule has 0 atom stereocenters. The number of aromatic nitrogens is 2. The van der Waals surface area contributed by atoms with E-state index >= 15 is 0 Å². The number of carbonyl (C=O) groups is 1. The average molecular weight is 332 g/mol. The molecule has 0 unspecified atom stereocenters. The number of nitrogens with one attached hydrogen (secondary N) is 2. The number of rotatable bonds is 5. The number of piperazine rings is 1. The van der Waals surface area contributed by atoms with E-state index < -0.39 is 0 Å². The van der Waals surface area contributed by atoms with E-state index in [1.165, 1.54) is 19.3 Å². The molecule has 24 heavy (non-hydrogen) atoms. The van der Waals surface area contributed by atoms with Gasteiger partial charge >= 0.3 is 6.03 Å².